The molecular formula is C14H22ClN3OS. The van der Waals surface area contributed by atoms with E-state index in [9.17, 15) is 4.79 Å². The molecule has 0 bridgehead atoms. The smallest absolute Gasteiger partial charge is 0.229 e. The standard InChI is InChI=1S/C14H22ClN3OS/c1-14(2,3)18-6-4-17(5-7-18)13(19)8-12-16-11(9-15)10-20-12/h10H,4-9H2,1-3H3. The van der Waals surface area contributed by atoms with Crippen LogP contribution in [0.3, 0.4) is 0 Å². The van der Waals surface area contributed by atoms with Gasteiger partial charge < -0.3 is 4.90 Å². The van der Waals surface area contributed by atoms with Gasteiger partial charge in [0, 0.05) is 37.1 Å². The summed E-state index contributed by atoms with van der Waals surface area (Å²) in [7, 11) is 0. The molecule has 0 aromatic carbocycles. The zero-order valence-electron chi connectivity index (χ0n) is 12.4. The summed E-state index contributed by atoms with van der Waals surface area (Å²) in [5.41, 5.74) is 1.04. The van der Waals surface area contributed by atoms with Crippen LogP contribution in [0.25, 0.3) is 0 Å². The predicted octanol–water partition coefficient (Wildman–Crippen LogP) is 2.37. The van der Waals surface area contributed by atoms with Crippen LogP contribution >= 0.6 is 22.9 Å². The third-order valence-corrected chi connectivity index (χ3v) is 4.79. The fourth-order valence-corrected chi connectivity index (χ4v) is 3.37. The molecule has 0 radical (unpaired) electrons. The average molecular weight is 316 g/mol. The zero-order valence-corrected chi connectivity index (χ0v) is 13.9. The van der Waals surface area contributed by atoms with Gasteiger partial charge in [-0.3, -0.25) is 9.69 Å². The van der Waals surface area contributed by atoms with Crippen LogP contribution in [0, 0.1) is 0 Å². The Morgan fingerprint density at radius 1 is 1.35 bits per heavy atom. The number of hydrogen-bond acceptors (Lipinski definition) is 4. The van der Waals surface area contributed by atoms with Crippen molar-refractivity contribution in [1.29, 1.82) is 0 Å². The second-order valence-corrected chi connectivity index (χ2v) is 7.29. The van der Waals surface area contributed by atoms with Gasteiger partial charge in [-0.15, -0.1) is 22.9 Å². The maximum Gasteiger partial charge on any atom is 0.229 e. The van der Waals surface area contributed by atoms with E-state index in [1.54, 1.807) is 0 Å². The lowest BCUT2D eigenvalue weighted by Crippen LogP contribution is -2.54. The summed E-state index contributed by atoms with van der Waals surface area (Å²) >= 11 is 7.25. The van der Waals surface area contributed by atoms with Crippen LogP contribution in [-0.4, -0.2) is 52.4 Å². The molecule has 1 aliphatic rings. The lowest BCUT2D eigenvalue weighted by molar-refractivity contribution is -0.133. The van der Waals surface area contributed by atoms with Crippen molar-refractivity contribution in [2.45, 2.75) is 38.6 Å². The van der Waals surface area contributed by atoms with Crippen LogP contribution in [0.4, 0.5) is 0 Å². The molecule has 1 aliphatic heterocycles. The second kappa shape index (κ2) is 6.41. The van der Waals surface area contributed by atoms with Crippen molar-refractivity contribution in [3.8, 4) is 0 Å². The summed E-state index contributed by atoms with van der Waals surface area (Å²) < 4.78 is 0. The highest BCUT2D eigenvalue weighted by Gasteiger charge is 2.27. The minimum atomic E-state index is 0.175. The third kappa shape index (κ3) is 3.93. The van der Waals surface area contributed by atoms with Gasteiger partial charge >= 0.3 is 0 Å². The summed E-state index contributed by atoms with van der Waals surface area (Å²) in [4.78, 5) is 21.0. The van der Waals surface area contributed by atoms with E-state index >= 15 is 0 Å². The van der Waals surface area contributed by atoms with E-state index in [-0.39, 0.29) is 11.4 Å². The van der Waals surface area contributed by atoms with Crippen LogP contribution in [0.1, 0.15) is 31.5 Å². The fourth-order valence-electron chi connectivity index (χ4n) is 2.36. The van der Waals surface area contributed by atoms with Crippen LogP contribution in [0.15, 0.2) is 5.38 Å². The molecule has 1 amide bonds. The SMILES string of the molecule is CC(C)(C)N1CCN(C(=O)Cc2nc(CCl)cs2)CC1. The topological polar surface area (TPSA) is 36.4 Å². The molecule has 1 aromatic rings. The first-order valence-corrected chi connectivity index (χ1v) is 8.33. The van der Waals surface area contributed by atoms with Gasteiger partial charge in [0.25, 0.3) is 0 Å². The van der Waals surface area contributed by atoms with Crippen molar-refractivity contribution < 1.29 is 4.79 Å². The highest BCUT2D eigenvalue weighted by molar-refractivity contribution is 7.09. The van der Waals surface area contributed by atoms with Crippen LogP contribution in [0.5, 0.6) is 0 Å². The number of aromatic nitrogens is 1. The number of nitrogens with zero attached hydrogens (tertiary/aromatic N) is 3. The maximum atomic E-state index is 12.3. The quantitative estimate of drug-likeness (QED) is 0.804. The van der Waals surface area contributed by atoms with Crippen molar-refractivity contribution >= 4 is 28.8 Å². The lowest BCUT2D eigenvalue weighted by atomic mass is 10.0. The number of piperazine rings is 1. The molecule has 4 nitrogen and oxygen atoms in total. The number of amides is 1. The molecule has 0 atom stereocenters. The van der Waals surface area contributed by atoms with Crippen molar-refractivity contribution in [3.05, 3.63) is 16.1 Å². The van der Waals surface area contributed by atoms with Crippen LogP contribution in [0.2, 0.25) is 0 Å². The molecule has 6 heteroatoms. The zero-order chi connectivity index (χ0) is 14.8. The Labute approximate surface area is 129 Å². The first kappa shape index (κ1) is 15.7. The molecule has 1 fully saturated rings. The summed E-state index contributed by atoms with van der Waals surface area (Å²) in [6.07, 6.45) is 0.400. The lowest BCUT2D eigenvalue weighted by Gasteiger charge is -2.42. The largest absolute Gasteiger partial charge is 0.340 e. The molecule has 20 heavy (non-hydrogen) atoms. The molecule has 112 valence electrons. The normalized spacial score (nSPS) is 17.5. The minimum Gasteiger partial charge on any atom is -0.340 e. The predicted molar refractivity (Wildman–Crippen MR) is 83.3 cm³/mol. The first-order chi connectivity index (χ1) is 9.40. The number of alkyl halides is 1. The molecule has 1 saturated heterocycles. The minimum absolute atomic E-state index is 0.175. The fraction of sp³-hybridized carbons (Fsp3) is 0.714. The van der Waals surface area contributed by atoms with Crippen molar-refractivity contribution in [2.75, 3.05) is 26.2 Å². The Bertz CT molecular complexity index is 461. The van der Waals surface area contributed by atoms with Gasteiger partial charge in [0.05, 0.1) is 18.0 Å². The number of carbonyl (C=O) groups is 1. The van der Waals surface area contributed by atoms with Gasteiger partial charge in [-0.25, -0.2) is 4.98 Å². The second-order valence-electron chi connectivity index (χ2n) is 6.08. The van der Waals surface area contributed by atoms with Gasteiger partial charge in [-0.05, 0) is 20.8 Å². The Morgan fingerprint density at radius 2 is 2.00 bits per heavy atom. The number of hydrogen-bond donors (Lipinski definition) is 0. The van der Waals surface area contributed by atoms with E-state index in [4.69, 9.17) is 11.6 Å². The number of thiazole rings is 1. The van der Waals surface area contributed by atoms with Gasteiger partial charge in [0.2, 0.25) is 5.91 Å². The van der Waals surface area contributed by atoms with Crippen LogP contribution < -0.4 is 0 Å². The van der Waals surface area contributed by atoms with Gasteiger partial charge in [0.15, 0.2) is 0 Å². The number of rotatable bonds is 3. The third-order valence-electron chi connectivity index (χ3n) is 3.62. The molecule has 0 N–H and O–H groups in total. The van der Waals surface area contributed by atoms with Gasteiger partial charge in [-0.1, -0.05) is 0 Å². The summed E-state index contributed by atoms with van der Waals surface area (Å²) in [6.45, 7) is 10.2. The highest BCUT2D eigenvalue weighted by Crippen LogP contribution is 2.17. The summed E-state index contributed by atoms with van der Waals surface area (Å²) in [6, 6.07) is 0. The van der Waals surface area contributed by atoms with Gasteiger partial charge in [-0.2, -0.15) is 0 Å². The monoisotopic (exact) mass is 315 g/mol. The Kier molecular flexibility index (Phi) is 5.04. The molecule has 0 spiro atoms. The highest BCUT2D eigenvalue weighted by atomic mass is 35.5. The first-order valence-electron chi connectivity index (χ1n) is 6.92. The summed E-state index contributed by atoms with van der Waals surface area (Å²) in [5.74, 6) is 0.587. The number of carbonyl (C=O) groups excluding carboxylic acids is 1. The van der Waals surface area contributed by atoms with E-state index in [2.05, 4.69) is 30.7 Å². The molecule has 0 aliphatic carbocycles. The Morgan fingerprint density at radius 3 is 2.50 bits per heavy atom. The van der Waals surface area contributed by atoms with E-state index in [0.29, 0.717) is 12.3 Å². The molecule has 0 saturated carbocycles. The van der Waals surface area contributed by atoms with E-state index in [1.807, 2.05) is 10.3 Å². The Balaban J connectivity index is 1.86. The van der Waals surface area contributed by atoms with Crippen molar-refractivity contribution in [1.82, 2.24) is 14.8 Å². The van der Waals surface area contributed by atoms with Crippen LogP contribution in [-0.2, 0) is 17.1 Å². The van der Waals surface area contributed by atoms with Crippen molar-refractivity contribution in [3.63, 3.8) is 0 Å². The van der Waals surface area contributed by atoms with Crippen molar-refractivity contribution in [2.24, 2.45) is 0 Å². The Hall–Kier alpha value is -0.650. The maximum absolute atomic E-state index is 12.3. The van der Waals surface area contributed by atoms with E-state index in [1.165, 1.54) is 11.3 Å². The number of halogens is 1. The van der Waals surface area contributed by atoms with E-state index < -0.39 is 0 Å². The molecular weight excluding hydrogens is 294 g/mol. The molecule has 2 heterocycles. The van der Waals surface area contributed by atoms with E-state index in [0.717, 1.165) is 36.9 Å². The molecule has 1 aromatic heterocycles. The average Bonchev–Trinajstić information content (AvgIpc) is 2.85. The molecule has 0 unspecified atom stereocenters. The van der Waals surface area contributed by atoms with Gasteiger partial charge in [0.1, 0.15) is 5.01 Å². The molecule has 2 rings (SSSR count). The summed E-state index contributed by atoms with van der Waals surface area (Å²) in [5, 5.41) is 2.79.